The lowest BCUT2D eigenvalue weighted by Gasteiger charge is -2.31. The average Bonchev–Trinajstić information content (AvgIpc) is 4.16. The topological polar surface area (TPSA) is 28.9 Å². The Kier molecular flexibility index (Phi) is 9.78. The molecule has 0 unspecified atom stereocenters. The van der Waals surface area contributed by atoms with Crippen molar-refractivity contribution in [3.8, 4) is 44.9 Å². The fraction of sp³-hybridized carbons (Fsp3) is 0. The van der Waals surface area contributed by atoms with Crippen LogP contribution in [-0.2, 0) is 0 Å². The first kappa shape index (κ1) is 43.5. The predicted molar refractivity (Wildman–Crippen MR) is 325 cm³/mol. The largest absolute Gasteiger partial charge is 0.456 e. The van der Waals surface area contributed by atoms with Gasteiger partial charge in [0.15, 0.2) is 5.58 Å². The van der Waals surface area contributed by atoms with Gasteiger partial charge in [0, 0.05) is 70.2 Å². The first-order valence-corrected chi connectivity index (χ1v) is 27.0. The number of benzene rings is 13. The van der Waals surface area contributed by atoms with Crippen LogP contribution in [0.1, 0.15) is 0 Å². The van der Waals surface area contributed by atoms with E-state index in [-0.39, 0.29) is 0 Å². The van der Waals surface area contributed by atoms with Crippen molar-refractivity contribution in [3.63, 3.8) is 0 Å². The van der Waals surface area contributed by atoms with Gasteiger partial charge in [0.2, 0.25) is 0 Å². The molecule has 13 aromatic carbocycles. The zero-order chi connectivity index (χ0) is 50.6. The van der Waals surface area contributed by atoms with E-state index in [9.17, 15) is 0 Å². The summed E-state index contributed by atoms with van der Waals surface area (Å²) < 4.78 is 16.5. The molecular weight excluding hydrogens is 957 g/mol. The molecule has 0 N–H and O–H groups in total. The van der Waals surface area contributed by atoms with Gasteiger partial charge in [-0.2, -0.15) is 0 Å². The Hall–Kier alpha value is -9.94. The molecule has 0 radical (unpaired) electrons. The summed E-state index contributed by atoms with van der Waals surface area (Å²) in [4.78, 5) is 4.83. The summed E-state index contributed by atoms with van der Waals surface area (Å²) in [6, 6.07) is 96.4. The summed E-state index contributed by atoms with van der Waals surface area (Å²) in [5.41, 5.74) is 14.7. The van der Waals surface area contributed by atoms with Crippen LogP contribution in [-0.4, -0.2) is 0 Å². The fourth-order valence-corrected chi connectivity index (χ4v) is 13.3. The lowest BCUT2D eigenvalue weighted by Crippen LogP contribution is -2.12. The molecule has 1 aliphatic rings. The Labute approximate surface area is 448 Å². The molecule has 0 spiro atoms. The molecule has 77 heavy (non-hydrogen) atoms. The van der Waals surface area contributed by atoms with Crippen LogP contribution >= 0.6 is 11.3 Å². The maximum absolute atomic E-state index is 7.19. The van der Waals surface area contributed by atoms with Crippen LogP contribution in [0.2, 0.25) is 0 Å². The second-order valence-corrected chi connectivity index (χ2v) is 21.0. The van der Waals surface area contributed by atoms with E-state index in [0.29, 0.717) is 0 Å². The van der Waals surface area contributed by atoms with Gasteiger partial charge in [-0.1, -0.05) is 182 Å². The molecule has 0 saturated heterocycles. The highest BCUT2D eigenvalue weighted by atomic mass is 32.1. The third-order valence-corrected chi connectivity index (χ3v) is 16.8. The van der Waals surface area contributed by atoms with Gasteiger partial charge in [0.1, 0.15) is 17.1 Å². The van der Waals surface area contributed by atoms with Gasteiger partial charge in [0.05, 0.1) is 28.4 Å². The maximum Gasteiger partial charge on any atom is 0.159 e. The normalized spacial score (nSPS) is 12.0. The Bertz CT molecular complexity index is 4870. The van der Waals surface area contributed by atoms with Crippen LogP contribution in [0.4, 0.5) is 34.1 Å². The molecule has 0 atom stereocenters. The molecule has 3 heterocycles. The van der Waals surface area contributed by atoms with Crippen LogP contribution in [0.5, 0.6) is 11.5 Å². The molecule has 15 aromatic rings. The van der Waals surface area contributed by atoms with E-state index in [1.165, 1.54) is 30.9 Å². The summed E-state index contributed by atoms with van der Waals surface area (Å²) >= 11 is 1.85. The Morgan fingerprint density at radius 3 is 1.62 bits per heavy atom. The second-order valence-electron chi connectivity index (χ2n) is 19.9. The van der Waals surface area contributed by atoms with Crippen LogP contribution in [0.15, 0.2) is 271 Å². The minimum absolute atomic E-state index is 0.793. The number of anilines is 6. The third-order valence-electron chi connectivity index (χ3n) is 15.6. The first-order chi connectivity index (χ1) is 38.2. The smallest absolute Gasteiger partial charge is 0.159 e. The SMILES string of the molecule is c1ccc(-c2ccccc2N(c2ccc3sc4ccccc4c3c2)c2cc3c4cccc5c4c(cc3c3ccccc23)-c2ccc(N(c3ccccc3-c3ccccc3)c3cccc4c3oc3ccccc34)cc2O5)cc1. The standard InChI is InChI=1S/C72H44N2O2S/c1-3-19-45(20-4-1)49-23-9-13-31-62(49)73(64-33-17-30-57-53-27-11-15-34-66(53)76-72(57)64)48-37-39-54-61-43-58-51-25-7-8-26-52(51)65(44-59(58)56-29-18-35-67(71(56)61)75-68(54)42-48)74(63-32-14-10-24-50(63)46-21-5-2-6-22-46)47-38-40-70-60(41-47)55-28-12-16-36-69(55)77-70/h1-44H. The minimum Gasteiger partial charge on any atom is -0.456 e. The van der Waals surface area contributed by atoms with Gasteiger partial charge in [-0.05, 0) is 117 Å². The molecule has 0 amide bonds. The van der Waals surface area contributed by atoms with Gasteiger partial charge in [-0.25, -0.2) is 0 Å². The lowest BCUT2D eigenvalue weighted by molar-refractivity contribution is 0.487. The molecule has 0 aliphatic carbocycles. The monoisotopic (exact) mass is 1000 g/mol. The number of fused-ring (bicyclic) bond motifs is 12. The summed E-state index contributed by atoms with van der Waals surface area (Å²) in [5.74, 6) is 1.62. The fourth-order valence-electron chi connectivity index (χ4n) is 12.2. The number of thiophene rings is 1. The van der Waals surface area contributed by atoms with Crippen LogP contribution in [0.25, 0.3) is 108 Å². The van der Waals surface area contributed by atoms with E-state index in [4.69, 9.17) is 9.15 Å². The predicted octanol–water partition coefficient (Wildman–Crippen LogP) is 21.5. The molecule has 5 heteroatoms. The number of furan rings is 1. The molecule has 0 saturated carbocycles. The van der Waals surface area contributed by atoms with Crippen molar-refractivity contribution >= 4 is 120 Å². The zero-order valence-electron chi connectivity index (χ0n) is 41.5. The highest BCUT2D eigenvalue weighted by Gasteiger charge is 2.28. The van der Waals surface area contributed by atoms with Crippen LogP contribution in [0, 0.1) is 0 Å². The van der Waals surface area contributed by atoms with Crippen molar-refractivity contribution in [2.45, 2.75) is 0 Å². The molecule has 0 fully saturated rings. The number of hydrogen-bond acceptors (Lipinski definition) is 5. The van der Waals surface area contributed by atoms with Gasteiger partial charge >= 0.3 is 0 Å². The average molecular weight is 1000 g/mol. The van der Waals surface area contributed by atoms with Crippen molar-refractivity contribution in [1.82, 2.24) is 0 Å². The second kappa shape index (κ2) is 17.3. The van der Waals surface area contributed by atoms with Crippen molar-refractivity contribution in [2.75, 3.05) is 9.80 Å². The van der Waals surface area contributed by atoms with Gasteiger partial charge < -0.3 is 19.0 Å². The number of ether oxygens (including phenoxy) is 1. The van der Waals surface area contributed by atoms with Gasteiger partial charge in [-0.3, -0.25) is 0 Å². The zero-order valence-corrected chi connectivity index (χ0v) is 42.3. The number of nitrogens with zero attached hydrogens (tertiary/aromatic N) is 2. The highest BCUT2D eigenvalue weighted by Crippen LogP contribution is 2.55. The van der Waals surface area contributed by atoms with E-state index in [1.54, 1.807) is 0 Å². The van der Waals surface area contributed by atoms with E-state index in [2.05, 4.69) is 265 Å². The highest BCUT2D eigenvalue weighted by molar-refractivity contribution is 7.25. The number of para-hydroxylation sites is 4. The molecular formula is C72H44N2O2S. The summed E-state index contributed by atoms with van der Waals surface area (Å²) in [5, 5.41) is 11.6. The van der Waals surface area contributed by atoms with E-state index in [1.807, 2.05) is 23.5 Å². The Balaban J connectivity index is 0.914. The lowest BCUT2D eigenvalue weighted by atomic mass is 9.88. The van der Waals surface area contributed by atoms with Crippen molar-refractivity contribution in [1.29, 1.82) is 0 Å². The minimum atomic E-state index is 0.793. The summed E-state index contributed by atoms with van der Waals surface area (Å²) in [6.45, 7) is 0. The van der Waals surface area contributed by atoms with Crippen LogP contribution in [0.3, 0.4) is 0 Å². The maximum atomic E-state index is 7.19. The van der Waals surface area contributed by atoms with Crippen molar-refractivity contribution in [3.05, 3.63) is 267 Å². The Morgan fingerprint density at radius 1 is 0.286 bits per heavy atom. The van der Waals surface area contributed by atoms with E-state index in [0.717, 1.165) is 122 Å². The van der Waals surface area contributed by atoms with E-state index >= 15 is 0 Å². The Morgan fingerprint density at radius 2 is 0.844 bits per heavy atom. The van der Waals surface area contributed by atoms with Gasteiger partial charge in [-0.15, -0.1) is 11.3 Å². The molecule has 4 nitrogen and oxygen atoms in total. The molecule has 2 aromatic heterocycles. The molecule has 360 valence electrons. The van der Waals surface area contributed by atoms with E-state index < -0.39 is 0 Å². The molecule has 1 aliphatic heterocycles. The first-order valence-electron chi connectivity index (χ1n) is 26.1. The van der Waals surface area contributed by atoms with Crippen molar-refractivity contribution < 1.29 is 9.15 Å². The number of rotatable bonds is 8. The number of hydrogen-bond donors (Lipinski definition) is 0. The molecule has 16 rings (SSSR count). The quantitative estimate of drug-likeness (QED) is 0.142. The van der Waals surface area contributed by atoms with Crippen LogP contribution < -0.4 is 14.5 Å². The summed E-state index contributed by atoms with van der Waals surface area (Å²) in [6.07, 6.45) is 0. The van der Waals surface area contributed by atoms with Gasteiger partial charge in [0.25, 0.3) is 0 Å². The third kappa shape index (κ3) is 6.84. The molecule has 0 bridgehead atoms. The summed E-state index contributed by atoms with van der Waals surface area (Å²) in [7, 11) is 0. The van der Waals surface area contributed by atoms with Crippen molar-refractivity contribution in [2.24, 2.45) is 0 Å².